The number of ether oxygens (including phenoxy) is 1. The normalized spacial score (nSPS) is 14.9. The van der Waals surface area contributed by atoms with E-state index in [1.807, 2.05) is 30.5 Å². The third-order valence-electron chi connectivity index (χ3n) is 4.58. The maximum absolute atomic E-state index is 12.7. The van der Waals surface area contributed by atoms with Crippen molar-refractivity contribution in [1.82, 2.24) is 4.98 Å². The van der Waals surface area contributed by atoms with E-state index in [9.17, 15) is 9.90 Å². The van der Waals surface area contributed by atoms with Crippen LogP contribution in [-0.2, 0) is 15.1 Å². The molecule has 1 heterocycles. The second-order valence-electron chi connectivity index (χ2n) is 6.04. The topological polar surface area (TPSA) is 62.3 Å². The Hall–Kier alpha value is -2.30. The highest BCUT2D eigenvalue weighted by Crippen LogP contribution is 2.39. The summed E-state index contributed by atoms with van der Waals surface area (Å²) in [6.45, 7) is 3.72. The molecule has 1 aromatic heterocycles. The van der Waals surface area contributed by atoms with Crippen LogP contribution in [0.4, 0.5) is 0 Å². The number of halogens is 1. The quantitative estimate of drug-likeness (QED) is 0.666. The molecule has 4 nitrogen and oxygen atoms in total. The highest BCUT2D eigenvalue weighted by molar-refractivity contribution is 6.30. The largest absolute Gasteiger partial charge is 0.464 e. The van der Waals surface area contributed by atoms with Crippen LogP contribution in [0.3, 0.4) is 0 Å². The predicted octanol–water partition coefficient (Wildman–Crippen LogP) is 4.38. The molecule has 3 aromatic rings. The van der Waals surface area contributed by atoms with E-state index in [0.717, 1.165) is 16.5 Å². The van der Waals surface area contributed by atoms with Crippen molar-refractivity contribution in [3.05, 3.63) is 70.9 Å². The molecular weight excluding hydrogens is 338 g/mol. The molecule has 0 saturated heterocycles. The van der Waals surface area contributed by atoms with Crippen LogP contribution in [0.2, 0.25) is 5.02 Å². The second-order valence-corrected chi connectivity index (χ2v) is 6.48. The molecule has 0 saturated carbocycles. The Balaban J connectivity index is 2.11. The maximum atomic E-state index is 12.7. The highest BCUT2D eigenvalue weighted by Gasteiger charge is 2.45. The lowest BCUT2D eigenvalue weighted by Crippen LogP contribution is -2.42. The highest BCUT2D eigenvalue weighted by atomic mass is 35.5. The van der Waals surface area contributed by atoms with Gasteiger partial charge in [-0.1, -0.05) is 42.8 Å². The minimum Gasteiger partial charge on any atom is -0.464 e. The SMILES string of the molecule is CCOC(=O)[C@](O)(c1ccc2cc[nH]c2c1)[C@@H](C)c1ccc(Cl)cc1. The van der Waals surface area contributed by atoms with E-state index >= 15 is 0 Å². The number of aliphatic hydroxyl groups is 1. The molecule has 0 aliphatic rings. The van der Waals surface area contributed by atoms with Crippen molar-refractivity contribution in [2.45, 2.75) is 25.4 Å². The molecule has 2 atom stereocenters. The van der Waals surface area contributed by atoms with E-state index in [0.29, 0.717) is 10.6 Å². The number of fused-ring (bicyclic) bond motifs is 1. The molecule has 5 heteroatoms. The van der Waals surface area contributed by atoms with E-state index in [1.54, 1.807) is 38.1 Å². The third-order valence-corrected chi connectivity index (χ3v) is 4.83. The fourth-order valence-corrected chi connectivity index (χ4v) is 3.19. The van der Waals surface area contributed by atoms with Gasteiger partial charge in [-0.05, 0) is 47.7 Å². The summed E-state index contributed by atoms with van der Waals surface area (Å²) in [5.74, 6) is -1.18. The molecule has 2 aromatic carbocycles. The Labute approximate surface area is 151 Å². The molecule has 3 rings (SSSR count). The van der Waals surface area contributed by atoms with Crippen LogP contribution in [0.5, 0.6) is 0 Å². The zero-order chi connectivity index (χ0) is 18.0. The lowest BCUT2D eigenvalue weighted by atomic mass is 9.78. The van der Waals surface area contributed by atoms with Gasteiger partial charge < -0.3 is 14.8 Å². The fraction of sp³-hybridized carbons (Fsp3) is 0.250. The van der Waals surface area contributed by atoms with Crippen LogP contribution in [0, 0.1) is 0 Å². The van der Waals surface area contributed by atoms with Crippen molar-refractivity contribution in [1.29, 1.82) is 0 Å². The first-order chi connectivity index (χ1) is 12.0. The number of carbonyl (C=O) groups excluding carboxylic acids is 1. The monoisotopic (exact) mass is 357 g/mol. The standard InChI is InChI=1S/C20H20ClNO3/c1-3-25-19(23)20(24,13(2)14-5-8-17(21)9-6-14)16-7-4-15-10-11-22-18(15)12-16/h4-13,22,24H,3H2,1-2H3/t13-,20+/m0/s1. The van der Waals surface area contributed by atoms with E-state index in [-0.39, 0.29) is 6.61 Å². The Morgan fingerprint density at radius 2 is 1.96 bits per heavy atom. The summed E-state index contributed by atoms with van der Waals surface area (Å²) in [5.41, 5.74) is 0.335. The van der Waals surface area contributed by atoms with Gasteiger partial charge in [0, 0.05) is 22.7 Å². The lowest BCUT2D eigenvalue weighted by molar-refractivity contribution is -0.168. The first kappa shape index (κ1) is 17.5. The minimum atomic E-state index is -1.80. The van der Waals surface area contributed by atoms with Crippen LogP contribution >= 0.6 is 11.6 Å². The van der Waals surface area contributed by atoms with Crippen LogP contribution in [-0.4, -0.2) is 22.7 Å². The third kappa shape index (κ3) is 3.15. The second kappa shape index (κ2) is 6.90. The first-order valence-corrected chi connectivity index (χ1v) is 8.57. The zero-order valence-electron chi connectivity index (χ0n) is 14.1. The number of benzene rings is 2. The zero-order valence-corrected chi connectivity index (χ0v) is 14.9. The van der Waals surface area contributed by atoms with Crippen molar-refractivity contribution >= 4 is 28.5 Å². The minimum absolute atomic E-state index is 0.194. The number of hydrogen-bond donors (Lipinski definition) is 2. The lowest BCUT2D eigenvalue weighted by Gasteiger charge is -2.32. The van der Waals surface area contributed by atoms with Crippen LogP contribution in [0.15, 0.2) is 54.7 Å². The number of aromatic nitrogens is 1. The molecule has 25 heavy (non-hydrogen) atoms. The Morgan fingerprint density at radius 1 is 1.24 bits per heavy atom. The van der Waals surface area contributed by atoms with Crippen LogP contribution in [0.25, 0.3) is 10.9 Å². The summed E-state index contributed by atoms with van der Waals surface area (Å²) in [5, 5.41) is 13.1. The first-order valence-electron chi connectivity index (χ1n) is 8.19. The van der Waals surface area contributed by atoms with Gasteiger partial charge in [-0.3, -0.25) is 0 Å². The number of rotatable bonds is 5. The molecule has 0 spiro atoms. The summed E-state index contributed by atoms with van der Waals surface area (Å²) in [6.07, 6.45) is 1.82. The van der Waals surface area contributed by atoms with Gasteiger partial charge in [0.1, 0.15) is 0 Å². The number of carbonyl (C=O) groups is 1. The van der Waals surface area contributed by atoms with Crippen molar-refractivity contribution in [3.8, 4) is 0 Å². The van der Waals surface area contributed by atoms with Gasteiger partial charge in [0.25, 0.3) is 0 Å². The fourth-order valence-electron chi connectivity index (χ4n) is 3.06. The van der Waals surface area contributed by atoms with Crippen LogP contribution < -0.4 is 0 Å². The van der Waals surface area contributed by atoms with Crippen molar-refractivity contribution < 1.29 is 14.6 Å². The molecule has 0 bridgehead atoms. The molecular formula is C20H20ClNO3. The Kier molecular flexibility index (Phi) is 4.84. The van der Waals surface area contributed by atoms with Gasteiger partial charge in [-0.2, -0.15) is 0 Å². The smallest absolute Gasteiger partial charge is 0.343 e. The van der Waals surface area contributed by atoms with Gasteiger partial charge in [-0.25, -0.2) is 4.79 Å². The van der Waals surface area contributed by atoms with Gasteiger partial charge in [0.05, 0.1) is 6.61 Å². The summed E-state index contributed by atoms with van der Waals surface area (Å²) in [6, 6.07) is 14.5. The molecule has 0 aliphatic heterocycles. The number of hydrogen-bond acceptors (Lipinski definition) is 3. The summed E-state index contributed by atoms with van der Waals surface area (Å²) in [7, 11) is 0. The summed E-state index contributed by atoms with van der Waals surface area (Å²) >= 11 is 5.95. The summed E-state index contributed by atoms with van der Waals surface area (Å²) < 4.78 is 5.20. The predicted molar refractivity (Wildman–Crippen MR) is 98.7 cm³/mol. The number of H-pyrrole nitrogens is 1. The van der Waals surface area contributed by atoms with E-state index in [4.69, 9.17) is 16.3 Å². The average molecular weight is 358 g/mol. The number of aromatic amines is 1. The average Bonchev–Trinajstić information content (AvgIpc) is 3.09. The Bertz CT molecular complexity index is 887. The number of esters is 1. The number of nitrogens with one attached hydrogen (secondary N) is 1. The van der Waals surface area contributed by atoms with Crippen LogP contribution in [0.1, 0.15) is 30.9 Å². The molecule has 130 valence electrons. The van der Waals surface area contributed by atoms with Gasteiger partial charge >= 0.3 is 5.97 Å². The summed E-state index contributed by atoms with van der Waals surface area (Å²) in [4.78, 5) is 15.8. The van der Waals surface area contributed by atoms with Gasteiger partial charge in [-0.15, -0.1) is 0 Å². The van der Waals surface area contributed by atoms with E-state index in [1.165, 1.54) is 0 Å². The maximum Gasteiger partial charge on any atom is 0.343 e. The van der Waals surface area contributed by atoms with E-state index in [2.05, 4.69) is 4.98 Å². The molecule has 0 radical (unpaired) electrons. The molecule has 0 amide bonds. The molecule has 0 fully saturated rings. The van der Waals surface area contributed by atoms with Crippen molar-refractivity contribution in [3.63, 3.8) is 0 Å². The molecule has 0 aliphatic carbocycles. The Morgan fingerprint density at radius 3 is 2.64 bits per heavy atom. The van der Waals surface area contributed by atoms with E-state index < -0.39 is 17.5 Å². The van der Waals surface area contributed by atoms with Gasteiger partial charge in [0.2, 0.25) is 0 Å². The molecule has 0 unspecified atom stereocenters. The molecule has 2 N–H and O–H groups in total. The van der Waals surface area contributed by atoms with Crippen molar-refractivity contribution in [2.75, 3.05) is 6.61 Å². The van der Waals surface area contributed by atoms with Gasteiger partial charge in [0.15, 0.2) is 5.60 Å². The van der Waals surface area contributed by atoms with Crippen molar-refractivity contribution in [2.24, 2.45) is 0 Å².